The van der Waals surface area contributed by atoms with Crippen LogP contribution in [-0.4, -0.2) is 56.4 Å². The number of alkyl halides is 1. The van der Waals surface area contributed by atoms with Gasteiger partial charge in [0.1, 0.15) is 11.9 Å². The van der Waals surface area contributed by atoms with Crippen LogP contribution >= 0.6 is 11.3 Å². The molecule has 0 amide bonds. The molecule has 0 radical (unpaired) electrons. The van der Waals surface area contributed by atoms with Gasteiger partial charge in [-0.1, -0.05) is 23.8 Å². The Morgan fingerprint density at radius 1 is 1.27 bits per heavy atom. The number of fused-ring (bicyclic) bond motifs is 2. The summed E-state index contributed by atoms with van der Waals surface area (Å²) < 4.78 is 16.8. The Morgan fingerprint density at radius 2 is 2.13 bits per heavy atom. The van der Waals surface area contributed by atoms with Crippen LogP contribution in [0.15, 0.2) is 30.6 Å². The van der Waals surface area contributed by atoms with Crippen LogP contribution in [0.25, 0.3) is 21.7 Å². The molecule has 2 aliphatic heterocycles. The van der Waals surface area contributed by atoms with Gasteiger partial charge in [-0.3, -0.25) is 4.68 Å². The van der Waals surface area contributed by atoms with Gasteiger partial charge in [-0.25, -0.2) is 4.39 Å². The minimum Gasteiger partial charge on any atom is -0.507 e. The Bertz CT molecular complexity index is 1050. The van der Waals surface area contributed by atoms with Gasteiger partial charge in [0.25, 0.3) is 0 Å². The maximum absolute atomic E-state index is 15.1. The van der Waals surface area contributed by atoms with Crippen LogP contribution in [0.5, 0.6) is 5.75 Å². The second-order valence-corrected chi connectivity index (χ2v) is 9.24. The molecule has 2 aliphatic rings. The first-order valence-corrected chi connectivity index (χ1v) is 11.1. The zero-order valence-corrected chi connectivity index (χ0v) is 17.8. The van der Waals surface area contributed by atoms with Crippen LogP contribution in [0.4, 0.5) is 9.52 Å². The number of aromatic hydroxyl groups is 1. The number of benzene rings is 1. The number of aromatic nitrogens is 4. The molecule has 2 aromatic heterocycles. The molecule has 5 rings (SSSR count). The van der Waals surface area contributed by atoms with E-state index in [-0.39, 0.29) is 17.8 Å². The maximum Gasteiger partial charge on any atom is 0.208 e. The van der Waals surface area contributed by atoms with Crippen molar-refractivity contribution in [1.29, 1.82) is 0 Å². The highest BCUT2D eigenvalue weighted by molar-refractivity contribution is 7.18. The van der Waals surface area contributed by atoms with Crippen molar-refractivity contribution >= 4 is 16.5 Å². The van der Waals surface area contributed by atoms with Gasteiger partial charge in [0.05, 0.1) is 17.8 Å². The highest BCUT2D eigenvalue weighted by Gasteiger charge is 2.42. The first-order chi connectivity index (χ1) is 14.5. The zero-order valence-electron chi connectivity index (χ0n) is 17.0. The van der Waals surface area contributed by atoms with E-state index >= 15 is 4.39 Å². The fourth-order valence-electron chi connectivity index (χ4n) is 4.62. The lowest BCUT2D eigenvalue weighted by molar-refractivity contribution is 0.107. The Kier molecular flexibility index (Phi) is 4.94. The van der Waals surface area contributed by atoms with Gasteiger partial charge in [0, 0.05) is 37.9 Å². The van der Waals surface area contributed by atoms with Crippen molar-refractivity contribution in [2.45, 2.75) is 50.0 Å². The number of phenols is 1. The van der Waals surface area contributed by atoms with Crippen molar-refractivity contribution in [2.24, 2.45) is 7.05 Å². The molecule has 4 heterocycles. The third-order valence-corrected chi connectivity index (χ3v) is 7.32. The van der Waals surface area contributed by atoms with Crippen molar-refractivity contribution in [2.75, 3.05) is 11.9 Å². The lowest BCUT2D eigenvalue weighted by Gasteiger charge is -2.45. The molecule has 2 unspecified atom stereocenters. The summed E-state index contributed by atoms with van der Waals surface area (Å²) in [6, 6.07) is 5.59. The van der Waals surface area contributed by atoms with E-state index in [0.29, 0.717) is 21.7 Å². The van der Waals surface area contributed by atoms with E-state index in [2.05, 4.69) is 20.6 Å². The van der Waals surface area contributed by atoms with Crippen LogP contribution in [0.3, 0.4) is 0 Å². The number of rotatable bonds is 4. The number of nitrogens with zero attached hydrogens (tertiary/aromatic N) is 5. The maximum atomic E-state index is 15.1. The van der Waals surface area contributed by atoms with Gasteiger partial charge >= 0.3 is 0 Å². The molecule has 9 heteroatoms. The Hall–Kier alpha value is -2.52. The third kappa shape index (κ3) is 3.45. The normalized spacial score (nSPS) is 26.0. The molecule has 2 N–H and O–H groups in total. The number of phenolic OH excluding ortho intramolecular Hbond substituents is 1. The van der Waals surface area contributed by atoms with Crippen LogP contribution in [0.1, 0.15) is 25.7 Å². The van der Waals surface area contributed by atoms with Crippen molar-refractivity contribution < 1.29 is 9.50 Å². The van der Waals surface area contributed by atoms with Crippen LogP contribution < -0.4 is 10.2 Å². The summed E-state index contributed by atoms with van der Waals surface area (Å²) in [5.74, 6) is 0.140. The van der Waals surface area contributed by atoms with Crippen molar-refractivity contribution in [1.82, 2.24) is 25.3 Å². The minimum atomic E-state index is -0.925. The molecule has 0 aliphatic carbocycles. The molecule has 0 saturated carbocycles. The van der Waals surface area contributed by atoms with E-state index in [4.69, 9.17) is 0 Å². The largest absolute Gasteiger partial charge is 0.507 e. The average molecular weight is 429 g/mol. The van der Waals surface area contributed by atoms with Gasteiger partial charge in [-0.15, -0.1) is 10.2 Å². The second kappa shape index (κ2) is 7.63. The van der Waals surface area contributed by atoms with E-state index in [1.165, 1.54) is 11.3 Å². The molecule has 2 fully saturated rings. The molecule has 2 bridgehead atoms. The molecule has 30 heavy (non-hydrogen) atoms. The summed E-state index contributed by atoms with van der Waals surface area (Å²) in [5.41, 5.74) is 2.44. The molecule has 4 atom stereocenters. The summed E-state index contributed by atoms with van der Waals surface area (Å²) in [4.78, 5) is 1.93. The molecular formula is C21H25FN6OS. The van der Waals surface area contributed by atoms with Crippen molar-refractivity contribution in [3.05, 3.63) is 30.6 Å². The predicted octanol–water partition coefficient (Wildman–Crippen LogP) is 3.37. The SMILES string of the molecule is CN(c1nnc(-c2ccc(-c3cnn(C)c3)cc2O)s1)[C@H]1CC2CCCC(N2)[C@H]1F. The zero-order chi connectivity index (χ0) is 20.8. The van der Waals surface area contributed by atoms with Crippen LogP contribution in [0, 0.1) is 0 Å². The predicted molar refractivity (Wildman–Crippen MR) is 115 cm³/mol. The average Bonchev–Trinajstić information content (AvgIpc) is 3.40. The fraction of sp³-hybridized carbons (Fsp3) is 0.476. The number of halogens is 1. The quantitative estimate of drug-likeness (QED) is 0.663. The summed E-state index contributed by atoms with van der Waals surface area (Å²) in [7, 11) is 3.75. The lowest BCUT2D eigenvalue weighted by atomic mass is 9.82. The summed E-state index contributed by atoms with van der Waals surface area (Å²) in [5, 5.41) is 28.1. The Morgan fingerprint density at radius 3 is 2.90 bits per heavy atom. The molecule has 158 valence electrons. The first kappa shape index (κ1) is 19.4. The first-order valence-electron chi connectivity index (χ1n) is 10.3. The van der Waals surface area contributed by atoms with E-state index in [9.17, 15) is 5.11 Å². The van der Waals surface area contributed by atoms with Gasteiger partial charge < -0.3 is 15.3 Å². The van der Waals surface area contributed by atoms with Gasteiger partial charge in [-0.2, -0.15) is 5.10 Å². The van der Waals surface area contributed by atoms with Gasteiger partial charge in [-0.05, 0) is 37.0 Å². The van der Waals surface area contributed by atoms with E-state index in [1.807, 2.05) is 37.3 Å². The highest BCUT2D eigenvalue weighted by Crippen LogP contribution is 2.38. The number of aryl methyl sites for hydroxylation is 1. The monoisotopic (exact) mass is 428 g/mol. The topological polar surface area (TPSA) is 79.1 Å². The number of piperidine rings is 2. The standard InChI is InChI=1S/C21H25FN6OS/c1-27-11-13(10-23-27)12-6-7-15(18(29)8-12)20-25-26-21(30-20)28(2)17-9-14-4-3-5-16(24-14)19(17)22/h6-8,10-11,14,16-17,19,24,29H,3-5,9H2,1-2H3/t14?,16?,17-,19+/m0/s1. The minimum absolute atomic E-state index is 0.0681. The molecule has 3 aromatic rings. The molecule has 1 aromatic carbocycles. The van der Waals surface area contributed by atoms with Gasteiger partial charge in [0.15, 0.2) is 5.01 Å². The summed E-state index contributed by atoms with van der Waals surface area (Å²) in [6.07, 6.45) is 6.59. The summed E-state index contributed by atoms with van der Waals surface area (Å²) >= 11 is 1.38. The molecule has 7 nitrogen and oxygen atoms in total. The molecule has 2 saturated heterocycles. The summed E-state index contributed by atoms with van der Waals surface area (Å²) in [6.45, 7) is 0. The lowest BCUT2D eigenvalue weighted by Crippen LogP contribution is -2.61. The smallest absolute Gasteiger partial charge is 0.208 e. The highest BCUT2D eigenvalue weighted by atomic mass is 32.1. The van der Waals surface area contributed by atoms with E-state index in [1.54, 1.807) is 16.9 Å². The van der Waals surface area contributed by atoms with Crippen LogP contribution in [0.2, 0.25) is 0 Å². The molecule has 0 spiro atoms. The number of anilines is 1. The Balaban J connectivity index is 1.37. The third-order valence-electron chi connectivity index (χ3n) is 6.28. The van der Waals surface area contributed by atoms with Crippen LogP contribution in [-0.2, 0) is 7.05 Å². The molecular weight excluding hydrogens is 403 g/mol. The number of nitrogens with one attached hydrogen (secondary N) is 1. The second-order valence-electron chi connectivity index (χ2n) is 8.28. The van der Waals surface area contributed by atoms with E-state index in [0.717, 1.165) is 36.8 Å². The fourth-order valence-corrected chi connectivity index (χ4v) is 5.52. The Labute approximate surface area is 178 Å². The number of hydrogen-bond donors (Lipinski definition) is 2. The van der Waals surface area contributed by atoms with Crippen molar-refractivity contribution in [3.8, 4) is 27.4 Å². The van der Waals surface area contributed by atoms with Gasteiger partial charge in [0.2, 0.25) is 5.13 Å². The van der Waals surface area contributed by atoms with E-state index < -0.39 is 6.17 Å². The van der Waals surface area contributed by atoms with Crippen molar-refractivity contribution in [3.63, 3.8) is 0 Å². The number of hydrogen-bond acceptors (Lipinski definition) is 7.